The van der Waals surface area contributed by atoms with Crippen molar-refractivity contribution in [3.8, 4) is 0 Å². The van der Waals surface area contributed by atoms with Gasteiger partial charge in [-0.2, -0.15) is 5.10 Å². The summed E-state index contributed by atoms with van der Waals surface area (Å²) in [5.74, 6) is 1.61. The lowest BCUT2D eigenvalue weighted by Crippen LogP contribution is -2.08. The Bertz CT molecular complexity index is 729. The lowest BCUT2D eigenvalue weighted by Gasteiger charge is -2.07. The topological polar surface area (TPSA) is 55.6 Å². The maximum Gasteiger partial charge on any atom is 0.153 e. The second-order valence-electron chi connectivity index (χ2n) is 4.42. The Kier molecular flexibility index (Phi) is 3.58. The number of rotatable bonds is 4. The summed E-state index contributed by atoms with van der Waals surface area (Å²) in [5.41, 5.74) is 0.816. The Hall–Kier alpha value is -1.66. The zero-order valence-electron chi connectivity index (χ0n) is 11.2. The molecule has 1 N–H and O–H groups in total. The van der Waals surface area contributed by atoms with Crippen LogP contribution in [0.3, 0.4) is 0 Å². The number of anilines is 1. The minimum Gasteiger partial charge on any atom is -0.370 e. The first-order valence-corrected chi connectivity index (χ1v) is 7.60. The molecule has 0 aliphatic carbocycles. The number of fused-ring (bicyclic) bond motifs is 1. The Morgan fingerprint density at radius 3 is 2.95 bits per heavy atom. The molecule has 0 fully saturated rings. The number of hydrogen-bond donors (Lipinski definition) is 1. The van der Waals surface area contributed by atoms with Gasteiger partial charge in [-0.25, -0.2) is 9.97 Å². The third-order valence-corrected chi connectivity index (χ3v) is 4.08. The van der Waals surface area contributed by atoms with Crippen LogP contribution in [-0.2, 0) is 6.54 Å². The van der Waals surface area contributed by atoms with Crippen molar-refractivity contribution < 1.29 is 0 Å². The average Bonchev–Trinajstić information content (AvgIpc) is 2.98. The zero-order valence-corrected chi connectivity index (χ0v) is 12.8. The van der Waals surface area contributed by atoms with Gasteiger partial charge in [-0.1, -0.05) is 11.6 Å². The third kappa shape index (κ3) is 2.48. The van der Waals surface area contributed by atoms with E-state index in [9.17, 15) is 0 Å². The molecule has 0 aliphatic rings. The van der Waals surface area contributed by atoms with Gasteiger partial charge in [-0.05, 0) is 25.3 Å². The first-order chi connectivity index (χ1) is 9.67. The van der Waals surface area contributed by atoms with Gasteiger partial charge in [-0.3, -0.25) is 4.68 Å². The molecule has 0 bridgehead atoms. The van der Waals surface area contributed by atoms with Gasteiger partial charge in [0, 0.05) is 12.7 Å². The quantitative estimate of drug-likeness (QED) is 0.803. The van der Waals surface area contributed by atoms with Crippen molar-refractivity contribution in [1.82, 2.24) is 19.7 Å². The summed E-state index contributed by atoms with van der Waals surface area (Å²) >= 11 is 7.63. The number of aryl methyl sites for hydroxylation is 1. The summed E-state index contributed by atoms with van der Waals surface area (Å²) in [5, 5.41) is 11.4. The van der Waals surface area contributed by atoms with Gasteiger partial charge in [0.05, 0.1) is 16.1 Å². The predicted molar refractivity (Wildman–Crippen MR) is 82.7 cm³/mol. The van der Waals surface area contributed by atoms with Crippen LogP contribution in [0.15, 0.2) is 17.6 Å². The summed E-state index contributed by atoms with van der Waals surface area (Å²) in [6, 6.07) is 2.04. The van der Waals surface area contributed by atoms with Crippen LogP contribution in [0, 0.1) is 6.92 Å². The highest BCUT2D eigenvalue weighted by Crippen LogP contribution is 2.25. The van der Waals surface area contributed by atoms with Crippen LogP contribution >= 0.6 is 22.9 Å². The lowest BCUT2D eigenvalue weighted by atomic mass is 10.3. The van der Waals surface area contributed by atoms with Crippen molar-refractivity contribution in [2.24, 2.45) is 0 Å². The fraction of sp³-hybridized carbons (Fsp3) is 0.308. The molecule has 0 radical (unpaired) electrons. The summed E-state index contributed by atoms with van der Waals surface area (Å²) in [7, 11) is 0. The van der Waals surface area contributed by atoms with E-state index in [0.717, 1.165) is 34.1 Å². The molecular formula is C13H14ClN5S. The summed E-state index contributed by atoms with van der Waals surface area (Å²) in [6.45, 7) is 5.27. The molecule has 3 aromatic heterocycles. The van der Waals surface area contributed by atoms with Crippen molar-refractivity contribution in [3.63, 3.8) is 0 Å². The van der Waals surface area contributed by atoms with Gasteiger partial charge in [0.2, 0.25) is 0 Å². The van der Waals surface area contributed by atoms with Crippen LogP contribution in [0.5, 0.6) is 0 Å². The smallest absolute Gasteiger partial charge is 0.153 e. The molecule has 104 valence electrons. The number of thiophene rings is 1. The zero-order chi connectivity index (χ0) is 14.1. The van der Waals surface area contributed by atoms with E-state index < -0.39 is 0 Å². The fourth-order valence-corrected chi connectivity index (χ4v) is 2.93. The van der Waals surface area contributed by atoms with Gasteiger partial charge in [0.15, 0.2) is 5.82 Å². The number of nitrogens with zero attached hydrogens (tertiary/aromatic N) is 4. The standard InChI is InChI=1S/C13H14ClN5S/c1-3-15-12-9-4-5-20-13(9)17-11(16-12)7-19-6-10(14)8(2)18-19/h4-6H,3,7H2,1-2H3,(H,15,16,17). The van der Waals surface area contributed by atoms with Crippen LogP contribution in [0.2, 0.25) is 5.02 Å². The van der Waals surface area contributed by atoms with Gasteiger partial charge in [0.25, 0.3) is 0 Å². The van der Waals surface area contributed by atoms with Crippen molar-refractivity contribution >= 4 is 39.0 Å². The van der Waals surface area contributed by atoms with Crippen LogP contribution in [0.1, 0.15) is 18.4 Å². The Morgan fingerprint density at radius 1 is 1.40 bits per heavy atom. The Morgan fingerprint density at radius 2 is 2.25 bits per heavy atom. The van der Waals surface area contributed by atoms with Crippen LogP contribution in [0.25, 0.3) is 10.2 Å². The molecule has 5 nitrogen and oxygen atoms in total. The van der Waals surface area contributed by atoms with Gasteiger partial charge in [0.1, 0.15) is 17.2 Å². The largest absolute Gasteiger partial charge is 0.370 e. The van der Waals surface area contributed by atoms with E-state index in [4.69, 9.17) is 11.6 Å². The summed E-state index contributed by atoms with van der Waals surface area (Å²) < 4.78 is 1.77. The van der Waals surface area contributed by atoms with Crippen molar-refractivity contribution in [2.75, 3.05) is 11.9 Å². The highest BCUT2D eigenvalue weighted by molar-refractivity contribution is 7.16. The molecule has 3 aromatic rings. The van der Waals surface area contributed by atoms with Crippen molar-refractivity contribution in [3.05, 3.63) is 34.2 Å². The lowest BCUT2D eigenvalue weighted by molar-refractivity contribution is 0.653. The van der Waals surface area contributed by atoms with E-state index in [1.54, 1.807) is 22.2 Å². The van der Waals surface area contributed by atoms with Gasteiger partial charge < -0.3 is 5.32 Å². The monoisotopic (exact) mass is 307 g/mol. The molecule has 0 unspecified atom stereocenters. The first kappa shape index (κ1) is 13.3. The highest BCUT2D eigenvalue weighted by Gasteiger charge is 2.10. The normalized spacial score (nSPS) is 11.2. The molecule has 0 atom stereocenters. The SMILES string of the molecule is CCNc1nc(Cn2cc(Cl)c(C)n2)nc2sccc12. The third-order valence-electron chi connectivity index (χ3n) is 2.91. The van der Waals surface area contributed by atoms with E-state index >= 15 is 0 Å². The molecule has 0 aromatic carbocycles. The minimum absolute atomic E-state index is 0.514. The number of aromatic nitrogens is 4. The second kappa shape index (κ2) is 5.38. The van der Waals surface area contributed by atoms with E-state index in [-0.39, 0.29) is 0 Å². The first-order valence-electron chi connectivity index (χ1n) is 6.35. The predicted octanol–water partition coefficient (Wildman–Crippen LogP) is 3.33. The number of hydrogen-bond acceptors (Lipinski definition) is 5. The van der Waals surface area contributed by atoms with Gasteiger partial charge >= 0.3 is 0 Å². The van der Waals surface area contributed by atoms with E-state index in [1.165, 1.54) is 0 Å². The molecule has 7 heteroatoms. The maximum atomic E-state index is 6.02. The molecule has 0 spiro atoms. The summed E-state index contributed by atoms with van der Waals surface area (Å²) in [6.07, 6.45) is 1.80. The number of halogens is 1. The second-order valence-corrected chi connectivity index (χ2v) is 5.72. The molecule has 0 aliphatic heterocycles. The molecular weight excluding hydrogens is 294 g/mol. The fourth-order valence-electron chi connectivity index (χ4n) is 1.99. The van der Waals surface area contributed by atoms with E-state index in [2.05, 4.69) is 27.3 Å². The number of nitrogens with one attached hydrogen (secondary N) is 1. The van der Waals surface area contributed by atoms with E-state index in [1.807, 2.05) is 18.4 Å². The van der Waals surface area contributed by atoms with Crippen molar-refractivity contribution in [1.29, 1.82) is 0 Å². The Balaban J connectivity index is 1.98. The average molecular weight is 308 g/mol. The van der Waals surface area contributed by atoms with Gasteiger partial charge in [-0.15, -0.1) is 11.3 Å². The minimum atomic E-state index is 0.514. The van der Waals surface area contributed by atoms with Crippen LogP contribution in [0.4, 0.5) is 5.82 Å². The van der Waals surface area contributed by atoms with Crippen molar-refractivity contribution in [2.45, 2.75) is 20.4 Å². The summed E-state index contributed by atoms with van der Waals surface area (Å²) in [4.78, 5) is 10.1. The Labute approximate surface area is 125 Å². The van der Waals surface area contributed by atoms with Crippen LogP contribution in [-0.4, -0.2) is 26.3 Å². The molecule has 3 heterocycles. The molecule has 20 heavy (non-hydrogen) atoms. The molecule has 0 saturated carbocycles. The molecule has 0 saturated heterocycles. The molecule has 3 rings (SSSR count). The molecule has 0 amide bonds. The van der Waals surface area contributed by atoms with E-state index in [0.29, 0.717) is 11.6 Å². The maximum absolute atomic E-state index is 6.02. The van der Waals surface area contributed by atoms with Crippen LogP contribution < -0.4 is 5.32 Å². The highest BCUT2D eigenvalue weighted by atomic mass is 35.5.